The predicted molar refractivity (Wildman–Crippen MR) is 144 cm³/mol. The third kappa shape index (κ3) is 4.95. The first kappa shape index (κ1) is 26.0. The number of nitrogens with one attached hydrogen (secondary N) is 1. The highest BCUT2D eigenvalue weighted by atomic mass is 32.1. The zero-order chi connectivity index (χ0) is 27.0. The summed E-state index contributed by atoms with van der Waals surface area (Å²) < 4.78 is 13.8. The van der Waals surface area contributed by atoms with Crippen LogP contribution in [0.1, 0.15) is 53.9 Å². The van der Waals surface area contributed by atoms with E-state index in [2.05, 4.69) is 10.3 Å². The number of fused-ring (bicyclic) bond motifs is 1. The number of benzene rings is 2. The van der Waals surface area contributed by atoms with Crippen molar-refractivity contribution in [3.05, 3.63) is 76.2 Å². The van der Waals surface area contributed by atoms with Gasteiger partial charge in [0.25, 0.3) is 5.91 Å². The molecule has 0 radical (unpaired) electrons. The highest BCUT2D eigenvalue weighted by Gasteiger charge is 2.43. The van der Waals surface area contributed by atoms with Gasteiger partial charge in [0.05, 0.1) is 16.1 Å². The minimum absolute atomic E-state index is 0.171. The van der Waals surface area contributed by atoms with Crippen molar-refractivity contribution in [1.29, 1.82) is 0 Å². The number of carbonyl (C=O) groups excluding carboxylic acids is 3. The van der Waals surface area contributed by atoms with Crippen LogP contribution < -0.4 is 5.32 Å². The second-order valence-corrected chi connectivity index (χ2v) is 11.1. The Labute approximate surface area is 225 Å². The van der Waals surface area contributed by atoms with E-state index in [4.69, 9.17) is 0 Å². The van der Waals surface area contributed by atoms with Gasteiger partial charge in [-0.15, -0.1) is 11.3 Å². The molecule has 38 heavy (non-hydrogen) atoms. The Balaban J connectivity index is 1.25. The molecule has 2 atom stereocenters. The van der Waals surface area contributed by atoms with Crippen LogP contribution in [0.3, 0.4) is 0 Å². The average Bonchev–Trinajstić information content (AvgIpc) is 3.63. The van der Waals surface area contributed by atoms with E-state index in [1.54, 1.807) is 22.3 Å². The Bertz CT molecular complexity index is 1370. The van der Waals surface area contributed by atoms with Gasteiger partial charge in [-0.3, -0.25) is 14.4 Å². The summed E-state index contributed by atoms with van der Waals surface area (Å²) in [6.45, 7) is 6.84. The summed E-state index contributed by atoms with van der Waals surface area (Å²) >= 11 is 1.60. The Hall–Kier alpha value is -3.59. The molecule has 0 aliphatic carbocycles. The summed E-state index contributed by atoms with van der Waals surface area (Å²) in [6.07, 6.45) is 1.29. The molecule has 198 valence electrons. The topological polar surface area (TPSA) is 82.6 Å². The van der Waals surface area contributed by atoms with Crippen LogP contribution in [0.2, 0.25) is 0 Å². The smallest absolute Gasteiger partial charge is 0.255 e. The quantitative estimate of drug-likeness (QED) is 0.482. The molecule has 1 N–H and O–H groups in total. The molecule has 3 amide bonds. The van der Waals surface area contributed by atoms with Crippen molar-refractivity contribution in [3.63, 3.8) is 0 Å². The number of likely N-dealkylation sites (tertiary alicyclic amines) is 1. The monoisotopic (exact) mass is 534 g/mol. The summed E-state index contributed by atoms with van der Waals surface area (Å²) in [6, 6.07) is 10.9. The molecule has 5 rings (SSSR count). The molecule has 1 aromatic heterocycles. The number of hydrogen-bond donors (Lipinski definition) is 1. The summed E-state index contributed by atoms with van der Waals surface area (Å²) in [5, 5.41) is 2.99. The maximum absolute atomic E-state index is 13.8. The Morgan fingerprint density at radius 2 is 1.95 bits per heavy atom. The molecule has 0 saturated carbocycles. The molecule has 7 nitrogen and oxygen atoms in total. The molecule has 0 spiro atoms. The normalized spacial score (nSPS) is 17.7. The molecule has 2 unspecified atom stereocenters. The van der Waals surface area contributed by atoms with E-state index in [1.165, 1.54) is 17.0 Å². The number of rotatable bonds is 7. The molecule has 2 aliphatic heterocycles. The van der Waals surface area contributed by atoms with Crippen LogP contribution in [0.5, 0.6) is 0 Å². The van der Waals surface area contributed by atoms with Crippen LogP contribution >= 0.6 is 11.3 Å². The van der Waals surface area contributed by atoms with E-state index in [9.17, 15) is 18.8 Å². The van der Waals surface area contributed by atoms with Crippen molar-refractivity contribution in [3.8, 4) is 10.4 Å². The van der Waals surface area contributed by atoms with E-state index in [1.807, 2.05) is 50.5 Å². The lowest BCUT2D eigenvalue weighted by atomic mass is 10.0. The van der Waals surface area contributed by atoms with Gasteiger partial charge in [0.2, 0.25) is 11.8 Å². The first-order valence-electron chi connectivity index (χ1n) is 12.9. The molecule has 1 saturated heterocycles. The highest BCUT2D eigenvalue weighted by Crippen LogP contribution is 2.31. The van der Waals surface area contributed by atoms with Crippen molar-refractivity contribution in [2.45, 2.75) is 58.8 Å². The SMILES string of the molecule is Cc1ncsc1-c1ccc(CNC(=O)C2CCCN2C(=O)C(C(C)C)N2Cc3ccc(F)cc3C2=O)cc1. The predicted octanol–water partition coefficient (Wildman–Crippen LogP) is 4.55. The third-order valence-corrected chi connectivity index (χ3v) is 8.37. The molecular weight excluding hydrogens is 503 g/mol. The Kier molecular flexibility index (Phi) is 7.29. The number of aromatic nitrogens is 1. The maximum atomic E-state index is 13.8. The number of halogens is 1. The minimum atomic E-state index is -0.728. The largest absolute Gasteiger partial charge is 0.350 e. The number of nitrogens with zero attached hydrogens (tertiary/aromatic N) is 3. The van der Waals surface area contributed by atoms with Crippen LogP contribution in [0, 0.1) is 18.7 Å². The van der Waals surface area contributed by atoms with Crippen LogP contribution in [-0.2, 0) is 22.7 Å². The number of hydrogen-bond acceptors (Lipinski definition) is 5. The number of amides is 3. The molecular formula is C29H31FN4O3S. The summed E-state index contributed by atoms with van der Waals surface area (Å²) in [4.78, 5) is 48.7. The van der Waals surface area contributed by atoms with Gasteiger partial charge in [-0.25, -0.2) is 9.37 Å². The molecule has 2 aromatic carbocycles. The van der Waals surface area contributed by atoms with Gasteiger partial charge in [-0.1, -0.05) is 44.2 Å². The van der Waals surface area contributed by atoms with Crippen LogP contribution in [0.25, 0.3) is 10.4 Å². The summed E-state index contributed by atoms with van der Waals surface area (Å²) in [7, 11) is 0. The van der Waals surface area contributed by atoms with Crippen molar-refractivity contribution < 1.29 is 18.8 Å². The van der Waals surface area contributed by atoms with Crippen LogP contribution in [-0.4, -0.2) is 51.1 Å². The number of carbonyl (C=O) groups is 3. The molecule has 1 fully saturated rings. The molecule has 9 heteroatoms. The lowest BCUT2D eigenvalue weighted by molar-refractivity contribution is -0.143. The Morgan fingerprint density at radius 1 is 1.18 bits per heavy atom. The summed E-state index contributed by atoms with van der Waals surface area (Å²) in [5.74, 6) is -1.42. The fraction of sp³-hybridized carbons (Fsp3) is 0.379. The lowest BCUT2D eigenvalue weighted by Crippen LogP contribution is -2.55. The second kappa shape index (κ2) is 10.6. The van der Waals surface area contributed by atoms with Gasteiger partial charge >= 0.3 is 0 Å². The minimum Gasteiger partial charge on any atom is -0.350 e. The van der Waals surface area contributed by atoms with Gasteiger partial charge < -0.3 is 15.1 Å². The van der Waals surface area contributed by atoms with E-state index < -0.39 is 17.9 Å². The van der Waals surface area contributed by atoms with Crippen molar-refractivity contribution in [1.82, 2.24) is 20.1 Å². The van der Waals surface area contributed by atoms with Crippen molar-refractivity contribution in [2.24, 2.45) is 5.92 Å². The second-order valence-electron chi connectivity index (χ2n) is 10.3. The lowest BCUT2D eigenvalue weighted by Gasteiger charge is -2.35. The number of thiazole rings is 1. The van der Waals surface area contributed by atoms with E-state index in [0.717, 1.165) is 28.1 Å². The van der Waals surface area contributed by atoms with Gasteiger partial charge in [-0.05, 0) is 54.5 Å². The van der Waals surface area contributed by atoms with E-state index >= 15 is 0 Å². The van der Waals surface area contributed by atoms with Gasteiger partial charge in [0.1, 0.15) is 17.9 Å². The summed E-state index contributed by atoms with van der Waals surface area (Å²) in [5.41, 5.74) is 5.89. The maximum Gasteiger partial charge on any atom is 0.255 e. The zero-order valence-electron chi connectivity index (χ0n) is 21.7. The number of aryl methyl sites for hydroxylation is 1. The van der Waals surface area contributed by atoms with Crippen LogP contribution in [0.4, 0.5) is 4.39 Å². The fourth-order valence-electron chi connectivity index (χ4n) is 5.43. The zero-order valence-corrected chi connectivity index (χ0v) is 22.6. The molecule has 3 aromatic rings. The van der Waals surface area contributed by atoms with Gasteiger partial charge in [0, 0.05) is 25.2 Å². The fourth-order valence-corrected chi connectivity index (χ4v) is 6.24. The van der Waals surface area contributed by atoms with Gasteiger partial charge in [0.15, 0.2) is 0 Å². The van der Waals surface area contributed by atoms with Crippen LogP contribution in [0.15, 0.2) is 48.0 Å². The van der Waals surface area contributed by atoms with E-state index in [-0.39, 0.29) is 30.2 Å². The van der Waals surface area contributed by atoms with Crippen molar-refractivity contribution >= 4 is 29.1 Å². The standard InChI is InChI=1S/C29H31FN4O3S/c1-17(2)25(34-15-21-10-11-22(30)13-23(21)28(34)36)29(37)33-12-4-5-24(33)27(35)31-14-19-6-8-20(9-7-19)26-18(3)32-16-38-26/h6-11,13,16-17,24-25H,4-5,12,14-15H2,1-3H3,(H,31,35). The van der Waals surface area contributed by atoms with Gasteiger partial charge in [-0.2, -0.15) is 0 Å². The first-order valence-corrected chi connectivity index (χ1v) is 13.8. The molecule has 0 bridgehead atoms. The highest BCUT2D eigenvalue weighted by molar-refractivity contribution is 7.13. The Morgan fingerprint density at radius 3 is 2.63 bits per heavy atom. The average molecular weight is 535 g/mol. The molecule has 2 aliphatic rings. The van der Waals surface area contributed by atoms with Crippen molar-refractivity contribution in [2.75, 3.05) is 6.54 Å². The van der Waals surface area contributed by atoms with E-state index in [0.29, 0.717) is 30.6 Å². The molecule has 3 heterocycles. The first-order chi connectivity index (χ1) is 18.2. The third-order valence-electron chi connectivity index (χ3n) is 7.39.